The van der Waals surface area contributed by atoms with Crippen molar-refractivity contribution in [3.63, 3.8) is 0 Å². The van der Waals surface area contributed by atoms with Gasteiger partial charge in [-0.05, 0) is 19.3 Å². The maximum atomic E-state index is 2.54. The maximum absolute atomic E-state index is 2.54. The van der Waals surface area contributed by atoms with Crippen molar-refractivity contribution in [1.82, 2.24) is 4.31 Å². The summed E-state index contributed by atoms with van der Waals surface area (Å²) in [6.07, 6.45) is 6.99. The van der Waals surface area contributed by atoms with Crippen LogP contribution in [0.15, 0.2) is 0 Å². The number of unbranched alkanes of at least 4 members (excludes halogenated alkanes) is 1. The monoisotopic (exact) mass is 173 g/mol. The van der Waals surface area contributed by atoms with Gasteiger partial charge in [-0.15, -0.1) is 0 Å². The number of piperidine rings is 1. The molecule has 0 bridgehead atoms. The normalized spacial score (nSPS) is 20.5. The molecule has 66 valence electrons. The van der Waals surface area contributed by atoms with Gasteiger partial charge >= 0.3 is 0 Å². The van der Waals surface area contributed by atoms with Gasteiger partial charge in [0.15, 0.2) is 0 Å². The molecule has 0 spiro atoms. The van der Waals surface area contributed by atoms with Crippen molar-refractivity contribution in [2.24, 2.45) is 0 Å². The van der Waals surface area contributed by atoms with Crippen LogP contribution in [-0.4, -0.2) is 23.1 Å². The zero-order chi connectivity index (χ0) is 7.94. The largest absolute Gasteiger partial charge is 0.251 e. The molecule has 0 aromatic carbocycles. The van der Waals surface area contributed by atoms with E-state index in [1.807, 2.05) is 0 Å². The predicted octanol–water partition coefficient (Wildman–Crippen LogP) is 2.92. The van der Waals surface area contributed by atoms with Crippen LogP contribution >= 0.6 is 11.9 Å². The molecule has 0 N–H and O–H groups in total. The van der Waals surface area contributed by atoms with Gasteiger partial charge in [0.25, 0.3) is 0 Å². The molecule has 1 heterocycles. The second kappa shape index (κ2) is 5.90. The van der Waals surface area contributed by atoms with Crippen molar-refractivity contribution in [1.29, 1.82) is 0 Å². The van der Waals surface area contributed by atoms with E-state index in [-0.39, 0.29) is 0 Å². The Bertz CT molecular complexity index is 89.6. The number of hydrogen-bond acceptors (Lipinski definition) is 2. The molecule has 1 aliphatic heterocycles. The molecule has 2 heteroatoms. The van der Waals surface area contributed by atoms with Crippen LogP contribution in [0.4, 0.5) is 0 Å². The Morgan fingerprint density at radius 1 is 1.18 bits per heavy atom. The SMILES string of the molecule is CCCCSN1CCCCC1. The van der Waals surface area contributed by atoms with Gasteiger partial charge in [-0.25, -0.2) is 0 Å². The van der Waals surface area contributed by atoms with E-state index in [1.165, 1.54) is 50.9 Å². The van der Waals surface area contributed by atoms with Gasteiger partial charge in [0.1, 0.15) is 0 Å². The topological polar surface area (TPSA) is 3.24 Å². The van der Waals surface area contributed by atoms with Crippen LogP contribution in [0.2, 0.25) is 0 Å². The minimum Gasteiger partial charge on any atom is -0.251 e. The van der Waals surface area contributed by atoms with E-state index < -0.39 is 0 Å². The van der Waals surface area contributed by atoms with Crippen LogP contribution in [0.1, 0.15) is 39.0 Å². The quantitative estimate of drug-likeness (QED) is 0.475. The summed E-state index contributed by atoms with van der Waals surface area (Å²) in [6.45, 7) is 4.92. The average molecular weight is 173 g/mol. The third kappa shape index (κ3) is 4.02. The van der Waals surface area contributed by atoms with Crippen molar-refractivity contribution in [3.05, 3.63) is 0 Å². The van der Waals surface area contributed by atoms with Crippen molar-refractivity contribution in [2.75, 3.05) is 18.8 Å². The Labute approximate surface area is 74.7 Å². The van der Waals surface area contributed by atoms with Gasteiger partial charge in [0.05, 0.1) is 0 Å². The van der Waals surface area contributed by atoms with E-state index in [1.54, 1.807) is 0 Å². The highest BCUT2D eigenvalue weighted by molar-refractivity contribution is 7.97. The van der Waals surface area contributed by atoms with Crippen LogP contribution in [-0.2, 0) is 0 Å². The van der Waals surface area contributed by atoms with Crippen molar-refractivity contribution in [2.45, 2.75) is 39.0 Å². The second-order valence-corrected chi connectivity index (χ2v) is 4.36. The van der Waals surface area contributed by atoms with Crippen molar-refractivity contribution >= 4 is 11.9 Å². The first-order valence-corrected chi connectivity index (χ1v) is 5.75. The van der Waals surface area contributed by atoms with Gasteiger partial charge in [-0.3, -0.25) is 4.31 Å². The molecule has 1 fully saturated rings. The molecule has 0 aliphatic carbocycles. The molecular formula is C9H19NS. The fourth-order valence-corrected chi connectivity index (χ4v) is 2.52. The fourth-order valence-electron chi connectivity index (χ4n) is 1.33. The summed E-state index contributed by atoms with van der Waals surface area (Å²) in [4.78, 5) is 0. The summed E-state index contributed by atoms with van der Waals surface area (Å²) < 4.78 is 2.54. The molecule has 0 aromatic heterocycles. The lowest BCUT2D eigenvalue weighted by Gasteiger charge is -2.24. The van der Waals surface area contributed by atoms with E-state index in [4.69, 9.17) is 0 Å². The molecule has 0 amide bonds. The van der Waals surface area contributed by atoms with E-state index >= 15 is 0 Å². The Morgan fingerprint density at radius 2 is 1.91 bits per heavy atom. The zero-order valence-corrected chi connectivity index (χ0v) is 8.33. The molecule has 1 saturated heterocycles. The molecule has 0 atom stereocenters. The first kappa shape index (κ1) is 9.40. The van der Waals surface area contributed by atoms with Crippen molar-refractivity contribution < 1.29 is 0 Å². The van der Waals surface area contributed by atoms with E-state index in [2.05, 4.69) is 23.2 Å². The van der Waals surface area contributed by atoms with E-state index in [0.29, 0.717) is 0 Å². The number of nitrogens with zero attached hydrogens (tertiary/aromatic N) is 1. The van der Waals surface area contributed by atoms with Crippen LogP contribution in [0.5, 0.6) is 0 Å². The summed E-state index contributed by atoms with van der Waals surface area (Å²) in [5, 5.41) is 0. The summed E-state index contributed by atoms with van der Waals surface area (Å²) >= 11 is 2.06. The minimum absolute atomic E-state index is 1.33. The first-order valence-electron chi connectivity index (χ1n) is 4.81. The molecule has 1 nitrogen and oxygen atoms in total. The Hall–Kier alpha value is 0.310. The fraction of sp³-hybridized carbons (Fsp3) is 1.00. The molecule has 11 heavy (non-hydrogen) atoms. The lowest BCUT2D eigenvalue weighted by Crippen LogP contribution is -2.23. The van der Waals surface area contributed by atoms with Crippen LogP contribution < -0.4 is 0 Å². The van der Waals surface area contributed by atoms with Gasteiger partial charge in [-0.1, -0.05) is 31.7 Å². The van der Waals surface area contributed by atoms with Crippen LogP contribution in [0, 0.1) is 0 Å². The molecule has 1 aliphatic rings. The van der Waals surface area contributed by atoms with Gasteiger partial charge in [0.2, 0.25) is 0 Å². The molecule has 0 saturated carbocycles. The molecule has 0 aromatic rings. The van der Waals surface area contributed by atoms with Gasteiger partial charge in [-0.2, -0.15) is 0 Å². The highest BCUT2D eigenvalue weighted by Gasteiger charge is 2.08. The third-order valence-electron chi connectivity index (χ3n) is 2.09. The Kier molecular flexibility index (Phi) is 5.04. The predicted molar refractivity (Wildman–Crippen MR) is 52.8 cm³/mol. The summed E-state index contributed by atoms with van der Waals surface area (Å²) in [6, 6.07) is 0. The number of hydrogen-bond donors (Lipinski definition) is 0. The molecule has 0 radical (unpaired) electrons. The van der Waals surface area contributed by atoms with Crippen molar-refractivity contribution in [3.8, 4) is 0 Å². The zero-order valence-electron chi connectivity index (χ0n) is 7.51. The molecule has 0 unspecified atom stereocenters. The van der Waals surface area contributed by atoms with Crippen LogP contribution in [0.25, 0.3) is 0 Å². The van der Waals surface area contributed by atoms with Gasteiger partial charge < -0.3 is 0 Å². The Morgan fingerprint density at radius 3 is 2.55 bits per heavy atom. The smallest absolute Gasteiger partial charge is 0.00893 e. The van der Waals surface area contributed by atoms with Gasteiger partial charge in [0, 0.05) is 18.8 Å². The summed E-state index contributed by atoms with van der Waals surface area (Å²) in [5.74, 6) is 1.33. The highest BCUT2D eigenvalue weighted by Crippen LogP contribution is 2.18. The van der Waals surface area contributed by atoms with E-state index in [9.17, 15) is 0 Å². The molecule has 1 rings (SSSR count). The summed E-state index contributed by atoms with van der Waals surface area (Å²) in [7, 11) is 0. The highest BCUT2D eigenvalue weighted by atomic mass is 32.2. The average Bonchev–Trinajstić information content (AvgIpc) is 2.07. The van der Waals surface area contributed by atoms with Crippen LogP contribution in [0.3, 0.4) is 0 Å². The Balaban J connectivity index is 1.96. The second-order valence-electron chi connectivity index (χ2n) is 3.18. The third-order valence-corrected chi connectivity index (χ3v) is 3.29. The standard InChI is InChI=1S/C9H19NS/c1-2-3-9-11-10-7-5-4-6-8-10/h2-9H2,1H3. The minimum atomic E-state index is 1.33. The van der Waals surface area contributed by atoms with E-state index in [0.717, 1.165) is 0 Å². The number of rotatable bonds is 4. The lowest BCUT2D eigenvalue weighted by molar-refractivity contribution is 0.380. The maximum Gasteiger partial charge on any atom is 0.00893 e. The lowest BCUT2D eigenvalue weighted by atomic mass is 10.2. The molecular weight excluding hydrogens is 154 g/mol. The summed E-state index contributed by atoms with van der Waals surface area (Å²) in [5.41, 5.74) is 0. The first-order chi connectivity index (χ1) is 5.43.